The van der Waals surface area contributed by atoms with Gasteiger partial charge in [0.05, 0.1) is 0 Å². The lowest BCUT2D eigenvalue weighted by Gasteiger charge is -2.09. The predicted molar refractivity (Wildman–Crippen MR) is 75.5 cm³/mol. The van der Waals surface area contributed by atoms with Gasteiger partial charge < -0.3 is 5.11 Å². The number of benzene rings is 1. The van der Waals surface area contributed by atoms with Crippen molar-refractivity contribution in [2.45, 2.75) is 13.3 Å². The molecule has 0 bridgehead atoms. The number of aliphatic carboxylic acids is 1. The largest absolute Gasteiger partial charge is 0.481 e. The topological polar surface area (TPSA) is 54.4 Å². The van der Waals surface area contributed by atoms with Gasteiger partial charge >= 0.3 is 5.97 Å². The Balaban J connectivity index is 2.23. The van der Waals surface area contributed by atoms with E-state index >= 15 is 0 Å². The van der Waals surface area contributed by atoms with Crippen molar-refractivity contribution >= 4 is 23.1 Å². The maximum Gasteiger partial charge on any atom is 0.314 e. The number of Topliss-reactive ketones (excluding diaryl/α,β-unsaturated/α-hetero) is 1. The number of thiophene rings is 1. The Kier molecular flexibility index (Phi) is 4.12. The summed E-state index contributed by atoms with van der Waals surface area (Å²) in [7, 11) is 0. The highest BCUT2D eigenvalue weighted by atomic mass is 32.1. The summed E-state index contributed by atoms with van der Waals surface area (Å²) < 4.78 is 0. The summed E-state index contributed by atoms with van der Waals surface area (Å²) in [5.41, 5.74) is 2.59. The van der Waals surface area contributed by atoms with E-state index in [1.165, 1.54) is 0 Å². The minimum Gasteiger partial charge on any atom is -0.481 e. The van der Waals surface area contributed by atoms with Gasteiger partial charge in [0, 0.05) is 5.56 Å². The van der Waals surface area contributed by atoms with Gasteiger partial charge in [-0.1, -0.05) is 31.2 Å². The van der Waals surface area contributed by atoms with Crippen LogP contribution in [0.15, 0.2) is 41.1 Å². The zero-order chi connectivity index (χ0) is 13.8. The maximum absolute atomic E-state index is 12.0. The summed E-state index contributed by atoms with van der Waals surface area (Å²) in [4.78, 5) is 23.0. The Bertz CT molecular complexity index is 570. The molecule has 0 fully saturated rings. The predicted octanol–water partition coefficient (Wildman–Crippen LogP) is 3.71. The molecule has 1 N–H and O–H groups in total. The first-order valence-electron chi connectivity index (χ1n) is 6.03. The molecule has 0 radical (unpaired) electrons. The van der Waals surface area contributed by atoms with E-state index in [4.69, 9.17) is 5.11 Å². The SMILES string of the molecule is CCC(C(=O)O)C(=O)c1ccc(-c2ccsc2)cc1. The van der Waals surface area contributed by atoms with E-state index in [1.807, 2.05) is 29.0 Å². The van der Waals surface area contributed by atoms with Crippen LogP contribution in [0.2, 0.25) is 0 Å². The number of rotatable bonds is 5. The Morgan fingerprint density at radius 2 is 1.84 bits per heavy atom. The molecule has 1 heterocycles. The van der Waals surface area contributed by atoms with E-state index in [0.717, 1.165) is 11.1 Å². The van der Waals surface area contributed by atoms with Crippen LogP contribution in [0.25, 0.3) is 11.1 Å². The van der Waals surface area contributed by atoms with Crippen LogP contribution in [0.3, 0.4) is 0 Å². The molecule has 3 nitrogen and oxygen atoms in total. The minimum atomic E-state index is -1.06. The average molecular weight is 274 g/mol. The summed E-state index contributed by atoms with van der Waals surface area (Å²) in [6, 6.07) is 9.10. The summed E-state index contributed by atoms with van der Waals surface area (Å²) in [6.07, 6.45) is 0.306. The van der Waals surface area contributed by atoms with Gasteiger partial charge in [-0.05, 0) is 34.4 Å². The van der Waals surface area contributed by atoms with Crippen molar-refractivity contribution in [1.29, 1.82) is 0 Å². The first kappa shape index (κ1) is 13.5. The molecular weight excluding hydrogens is 260 g/mol. The maximum atomic E-state index is 12.0. The van der Waals surface area contributed by atoms with Crippen LogP contribution >= 0.6 is 11.3 Å². The van der Waals surface area contributed by atoms with Gasteiger partial charge in [0.1, 0.15) is 5.92 Å². The Labute approximate surface area is 115 Å². The number of carbonyl (C=O) groups excluding carboxylic acids is 1. The third-order valence-corrected chi connectivity index (χ3v) is 3.73. The number of carbonyl (C=O) groups is 2. The molecule has 0 amide bonds. The van der Waals surface area contributed by atoms with Gasteiger partial charge in [0.15, 0.2) is 5.78 Å². The zero-order valence-electron chi connectivity index (χ0n) is 10.5. The van der Waals surface area contributed by atoms with Gasteiger partial charge in [-0.25, -0.2) is 0 Å². The molecule has 2 aromatic rings. The Morgan fingerprint density at radius 3 is 2.32 bits per heavy atom. The quantitative estimate of drug-likeness (QED) is 0.668. The highest BCUT2D eigenvalue weighted by molar-refractivity contribution is 7.08. The molecule has 0 saturated carbocycles. The lowest BCUT2D eigenvalue weighted by atomic mass is 9.94. The van der Waals surface area contributed by atoms with E-state index in [2.05, 4.69) is 0 Å². The van der Waals surface area contributed by atoms with E-state index in [-0.39, 0.29) is 5.78 Å². The van der Waals surface area contributed by atoms with Crippen molar-refractivity contribution in [2.24, 2.45) is 5.92 Å². The standard InChI is InChI=1S/C15H14O3S/c1-2-13(15(17)18)14(16)11-5-3-10(4-6-11)12-7-8-19-9-12/h3-9,13H,2H2,1H3,(H,17,18). The van der Waals surface area contributed by atoms with Gasteiger partial charge in [0.2, 0.25) is 0 Å². The van der Waals surface area contributed by atoms with Crippen molar-refractivity contribution in [3.05, 3.63) is 46.7 Å². The second kappa shape index (κ2) is 5.80. The molecule has 0 saturated heterocycles. The van der Waals surface area contributed by atoms with Crippen LogP contribution in [-0.2, 0) is 4.79 Å². The fourth-order valence-electron chi connectivity index (χ4n) is 1.93. The van der Waals surface area contributed by atoms with Crippen molar-refractivity contribution in [2.75, 3.05) is 0 Å². The molecule has 0 aliphatic heterocycles. The van der Waals surface area contributed by atoms with Crippen LogP contribution in [0, 0.1) is 5.92 Å². The third kappa shape index (κ3) is 2.90. The highest BCUT2D eigenvalue weighted by Gasteiger charge is 2.25. The first-order chi connectivity index (χ1) is 9.13. The summed E-state index contributed by atoms with van der Waals surface area (Å²) in [5.74, 6) is -2.34. The molecule has 0 aliphatic carbocycles. The van der Waals surface area contributed by atoms with Gasteiger partial charge in [-0.2, -0.15) is 11.3 Å². The number of hydrogen-bond acceptors (Lipinski definition) is 3. The second-order valence-corrected chi connectivity index (χ2v) is 5.03. The lowest BCUT2D eigenvalue weighted by molar-refractivity contribution is -0.140. The number of ketones is 1. The molecule has 0 spiro atoms. The molecule has 1 aromatic heterocycles. The van der Waals surface area contributed by atoms with E-state index < -0.39 is 11.9 Å². The number of carboxylic acid groups (broad SMARTS) is 1. The van der Waals surface area contributed by atoms with Crippen LogP contribution in [0.5, 0.6) is 0 Å². The van der Waals surface area contributed by atoms with E-state index in [9.17, 15) is 9.59 Å². The molecule has 2 rings (SSSR count). The summed E-state index contributed by atoms with van der Waals surface area (Å²) in [5, 5.41) is 13.0. The smallest absolute Gasteiger partial charge is 0.314 e. The molecule has 1 unspecified atom stereocenters. The van der Waals surface area contributed by atoms with Crippen molar-refractivity contribution < 1.29 is 14.7 Å². The fraction of sp³-hybridized carbons (Fsp3) is 0.200. The molecule has 0 aliphatic rings. The van der Waals surface area contributed by atoms with E-state index in [1.54, 1.807) is 30.4 Å². The third-order valence-electron chi connectivity index (χ3n) is 3.05. The van der Waals surface area contributed by atoms with Crippen LogP contribution in [0.1, 0.15) is 23.7 Å². The number of carboxylic acids is 1. The number of hydrogen-bond donors (Lipinski definition) is 1. The average Bonchev–Trinajstić information content (AvgIpc) is 2.93. The van der Waals surface area contributed by atoms with Crippen molar-refractivity contribution in [3.8, 4) is 11.1 Å². The Morgan fingerprint density at radius 1 is 1.16 bits per heavy atom. The summed E-state index contributed by atoms with van der Waals surface area (Å²) >= 11 is 1.61. The van der Waals surface area contributed by atoms with Crippen molar-refractivity contribution in [1.82, 2.24) is 0 Å². The van der Waals surface area contributed by atoms with Crippen LogP contribution in [-0.4, -0.2) is 16.9 Å². The van der Waals surface area contributed by atoms with Crippen LogP contribution in [0.4, 0.5) is 0 Å². The Hall–Kier alpha value is -1.94. The van der Waals surface area contributed by atoms with Crippen LogP contribution < -0.4 is 0 Å². The molecule has 1 atom stereocenters. The molecule has 98 valence electrons. The fourth-order valence-corrected chi connectivity index (χ4v) is 2.59. The molecule has 19 heavy (non-hydrogen) atoms. The second-order valence-electron chi connectivity index (χ2n) is 4.25. The molecular formula is C15H14O3S. The zero-order valence-corrected chi connectivity index (χ0v) is 11.3. The van der Waals surface area contributed by atoms with E-state index in [0.29, 0.717) is 12.0 Å². The summed E-state index contributed by atoms with van der Waals surface area (Å²) in [6.45, 7) is 1.70. The molecule has 4 heteroatoms. The molecule has 1 aromatic carbocycles. The lowest BCUT2D eigenvalue weighted by Crippen LogP contribution is -2.23. The van der Waals surface area contributed by atoms with Gasteiger partial charge in [-0.15, -0.1) is 0 Å². The first-order valence-corrected chi connectivity index (χ1v) is 6.97. The highest BCUT2D eigenvalue weighted by Crippen LogP contribution is 2.23. The minimum absolute atomic E-state index is 0.306. The van der Waals surface area contributed by atoms with Gasteiger partial charge in [-0.3, -0.25) is 9.59 Å². The van der Waals surface area contributed by atoms with Gasteiger partial charge in [0.25, 0.3) is 0 Å². The monoisotopic (exact) mass is 274 g/mol. The normalized spacial score (nSPS) is 12.1. The van der Waals surface area contributed by atoms with Crippen molar-refractivity contribution in [3.63, 3.8) is 0 Å².